The Morgan fingerprint density at radius 3 is 2.28 bits per heavy atom. The quantitative estimate of drug-likeness (QED) is 0.827. The lowest BCUT2D eigenvalue weighted by Gasteiger charge is -2.22. The van der Waals surface area contributed by atoms with Crippen molar-refractivity contribution in [3.63, 3.8) is 0 Å². The number of Topliss-reactive ketones (excluding diaryl/α,β-unsaturated/α-hetero) is 1. The van der Waals surface area contributed by atoms with Crippen molar-refractivity contribution in [3.05, 3.63) is 0 Å². The van der Waals surface area contributed by atoms with Crippen molar-refractivity contribution < 1.29 is 13.2 Å². The van der Waals surface area contributed by atoms with E-state index in [-0.39, 0.29) is 18.0 Å². The highest BCUT2D eigenvalue weighted by Crippen LogP contribution is 2.20. The van der Waals surface area contributed by atoms with E-state index in [4.69, 9.17) is 0 Å². The molecular weight excluding hydrogens is 250 g/mol. The molecule has 18 heavy (non-hydrogen) atoms. The summed E-state index contributed by atoms with van der Waals surface area (Å²) >= 11 is 0. The van der Waals surface area contributed by atoms with Crippen LogP contribution in [0, 0.1) is 5.92 Å². The minimum absolute atomic E-state index is 0.0136. The SMILES string of the molecule is CC(C)(C)S(=O)(=O)CCC(=O)CC1CCNCC1. The smallest absolute Gasteiger partial charge is 0.155 e. The highest BCUT2D eigenvalue weighted by molar-refractivity contribution is 7.92. The van der Waals surface area contributed by atoms with Gasteiger partial charge in [0.05, 0.1) is 10.5 Å². The molecule has 5 heteroatoms. The molecule has 0 atom stereocenters. The molecule has 0 saturated carbocycles. The first-order valence-corrected chi connectivity index (χ1v) is 8.32. The molecule has 0 spiro atoms. The minimum Gasteiger partial charge on any atom is -0.317 e. The van der Waals surface area contributed by atoms with Crippen molar-refractivity contribution >= 4 is 15.6 Å². The van der Waals surface area contributed by atoms with Crippen LogP contribution in [0.15, 0.2) is 0 Å². The fourth-order valence-electron chi connectivity index (χ4n) is 2.06. The number of carbonyl (C=O) groups excluding carboxylic acids is 1. The molecular formula is C13H25NO3S. The molecule has 106 valence electrons. The molecule has 0 bridgehead atoms. The summed E-state index contributed by atoms with van der Waals surface area (Å²) in [6.07, 6.45) is 2.76. The van der Waals surface area contributed by atoms with E-state index >= 15 is 0 Å². The van der Waals surface area contributed by atoms with Crippen LogP contribution < -0.4 is 5.32 Å². The minimum atomic E-state index is -3.17. The second kappa shape index (κ2) is 6.15. The lowest BCUT2D eigenvalue weighted by atomic mass is 9.92. The average molecular weight is 275 g/mol. The van der Waals surface area contributed by atoms with Crippen molar-refractivity contribution in [3.8, 4) is 0 Å². The Morgan fingerprint density at radius 2 is 1.78 bits per heavy atom. The zero-order valence-electron chi connectivity index (χ0n) is 11.7. The third-order valence-corrected chi connectivity index (χ3v) is 6.17. The molecule has 0 radical (unpaired) electrons. The lowest BCUT2D eigenvalue weighted by Crippen LogP contribution is -2.32. The fraction of sp³-hybridized carbons (Fsp3) is 0.923. The molecule has 0 amide bonds. The second-order valence-corrected chi connectivity index (χ2v) is 8.98. The largest absolute Gasteiger partial charge is 0.317 e. The van der Waals surface area contributed by atoms with E-state index in [1.54, 1.807) is 20.8 Å². The Hall–Kier alpha value is -0.420. The Morgan fingerprint density at radius 1 is 1.22 bits per heavy atom. The van der Waals surface area contributed by atoms with Crippen molar-refractivity contribution in [2.24, 2.45) is 5.92 Å². The summed E-state index contributed by atoms with van der Waals surface area (Å²) in [5.74, 6) is 0.520. The van der Waals surface area contributed by atoms with Gasteiger partial charge < -0.3 is 5.32 Å². The Balaban J connectivity index is 2.37. The summed E-state index contributed by atoms with van der Waals surface area (Å²) in [5.41, 5.74) is 0. The number of hydrogen-bond acceptors (Lipinski definition) is 4. The van der Waals surface area contributed by atoms with Gasteiger partial charge in [0, 0.05) is 12.8 Å². The van der Waals surface area contributed by atoms with Gasteiger partial charge in [0.2, 0.25) is 0 Å². The van der Waals surface area contributed by atoms with Crippen LogP contribution in [-0.4, -0.2) is 37.8 Å². The third kappa shape index (κ3) is 4.69. The molecule has 1 fully saturated rings. The predicted molar refractivity (Wildman–Crippen MR) is 73.4 cm³/mol. The summed E-state index contributed by atoms with van der Waals surface area (Å²) in [5, 5.41) is 3.26. The lowest BCUT2D eigenvalue weighted by molar-refractivity contribution is -0.119. The highest BCUT2D eigenvalue weighted by atomic mass is 32.2. The van der Waals surface area contributed by atoms with Crippen LogP contribution in [0.4, 0.5) is 0 Å². The second-order valence-electron chi connectivity index (χ2n) is 6.12. The molecule has 0 unspecified atom stereocenters. The van der Waals surface area contributed by atoms with E-state index in [2.05, 4.69) is 5.32 Å². The Kier molecular flexibility index (Phi) is 5.34. The first-order valence-electron chi connectivity index (χ1n) is 6.67. The van der Waals surface area contributed by atoms with Crippen molar-refractivity contribution in [2.75, 3.05) is 18.8 Å². The predicted octanol–water partition coefficient (Wildman–Crippen LogP) is 1.55. The summed E-state index contributed by atoms with van der Waals surface area (Å²) in [6, 6.07) is 0. The number of ketones is 1. The molecule has 0 aliphatic carbocycles. The standard InChI is InChI=1S/C13H25NO3S/c1-13(2,3)18(16,17)9-6-12(15)10-11-4-7-14-8-5-11/h11,14H,4-10H2,1-3H3. The van der Waals surface area contributed by atoms with Gasteiger partial charge >= 0.3 is 0 Å². The molecule has 0 aromatic carbocycles. The zero-order chi connectivity index (χ0) is 13.8. The van der Waals surface area contributed by atoms with Crippen molar-refractivity contribution in [2.45, 2.75) is 51.2 Å². The van der Waals surface area contributed by atoms with E-state index in [1.807, 2.05) is 0 Å². The van der Waals surface area contributed by atoms with E-state index in [1.165, 1.54) is 0 Å². The van der Waals surface area contributed by atoms with Gasteiger partial charge in [-0.25, -0.2) is 8.42 Å². The summed E-state index contributed by atoms with van der Waals surface area (Å²) in [4.78, 5) is 11.8. The number of carbonyl (C=O) groups is 1. The van der Waals surface area contributed by atoms with Gasteiger partial charge in [-0.05, 0) is 52.6 Å². The topological polar surface area (TPSA) is 63.2 Å². The summed E-state index contributed by atoms with van der Waals surface area (Å²) in [6.45, 7) is 6.98. The first-order chi connectivity index (χ1) is 8.22. The number of nitrogens with one attached hydrogen (secondary N) is 1. The van der Waals surface area contributed by atoms with Crippen molar-refractivity contribution in [1.29, 1.82) is 0 Å². The van der Waals surface area contributed by atoms with E-state index in [9.17, 15) is 13.2 Å². The molecule has 1 aliphatic rings. The van der Waals surface area contributed by atoms with Gasteiger partial charge in [-0.2, -0.15) is 0 Å². The average Bonchev–Trinajstić information content (AvgIpc) is 2.26. The zero-order valence-corrected chi connectivity index (χ0v) is 12.5. The van der Waals surface area contributed by atoms with Crippen LogP contribution >= 0.6 is 0 Å². The van der Waals surface area contributed by atoms with E-state index < -0.39 is 14.6 Å². The molecule has 0 aromatic rings. The molecule has 0 aromatic heterocycles. The number of piperidine rings is 1. The van der Waals surface area contributed by atoms with Gasteiger partial charge in [-0.15, -0.1) is 0 Å². The van der Waals surface area contributed by atoms with Crippen LogP contribution in [0.1, 0.15) is 46.5 Å². The monoisotopic (exact) mass is 275 g/mol. The molecule has 1 heterocycles. The molecule has 1 rings (SSSR count). The van der Waals surface area contributed by atoms with Crippen LogP contribution in [0.2, 0.25) is 0 Å². The Bertz CT molecular complexity index is 376. The van der Waals surface area contributed by atoms with Crippen LogP contribution in [0.25, 0.3) is 0 Å². The number of rotatable bonds is 5. The maximum atomic E-state index is 11.9. The third-order valence-electron chi connectivity index (χ3n) is 3.56. The van der Waals surface area contributed by atoms with Gasteiger partial charge in [0.1, 0.15) is 5.78 Å². The molecule has 1 saturated heterocycles. The molecule has 1 N–H and O–H groups in total. The summed E-state index contributed by atoms with van der Waals surface area (Å²) in [7, 11) is -3.17. The van der Waals surface area contributed by atoms with Crippen LogP contribution in [-0.2, 0) is 14.6 Å². The fourth-order valence-corrected chi connectivity index (χ4v) is 3.17. The van der Waals surface area contributed by atoms with E-state index in [0.717, 1.165) is 25.9 Å². The van der Waals surface area contributed by atoms with Crippen LogP contribution in [0.3, 0.4) is 0 Å². The van der Waals surface area contributed by atoms with Gasteiger partial charge in [-0.1, -0.05) is 0 Å². The van der Waals surface area contributed by atoms with E-state index in [0.29, 0.717) is 12.3 Å². The van der Waals surface area contributed by atoms with Gasteiger partial charge in [-0.3, -0.25) is 4.79 Å². The van der Waals surface area contributed by atoms with Crippen LogP contribution in [0.5, 0.6) is 0 Å². The maximum Gasteiger partial charge on any atom is 0.155 e. The highest BCUT2D eigenvalue weighted by Gasteiger charge is 2.29. The number of hydrogen-bond donors (Lipinski definition) is 1. The number of sulfone groups is 1. The molecule has 1 aliphatic heterocycles. The Labute approximate surface area is 110 Å². The van der Waals surface area contributed by atoms with Crippen molar-refractivity contribution in [1.82, 2.24) is 5.32 Å². The summed E-state index contributed by atoms with van der Waals surface area (Å²) < 4.78 is 23.0. The molecule has 4 nitrogen and oxygen atoms in total. The maximum absolute atomic E-state index is 11.9. The van der Waals surface area contributed by atoms with Gasteiger partial charge in [0.15, 0.2) is 9.84 Å². The normalized spacial score (nSPS) is 18.8. The first kappa shape index (κ1) is 15.6. The van der Waals surface area contributed by atoms with Gasteiger partial charge in [0.25, 0.3) is 0 Å².